The number of aromatic nitrogens is 2. The van der Waals surface area contributed by atoms with Crippen LogP contribution in [0.5, 0.6) is 0 Å². The lowest BCUT2D eigenvalue weighted by Crippen LogP contribution is -2.12. The summed E-state index contributed by atoms with van der Waals surface area (Å²) in [7, 11) is 0. The first kappa shape index (κ1) is 8.71. The van der Waals surface area contributed by atoms with Gasteiger partial charge in [-0.1, -0.05) is 0 Å². The molecule has 0 aliphatic heterocycles. The molecule has 0 spiro atoms. The third-order valence-corrected chi connectivity index (χ3v) is 2.60. The molecule has 0 atom stereocenters. The number of nitrogen functional groups attached to an aromatic ring is 1. The topological polar surface area (TPSA) is 75.9 Å². The molecule has 0 unspecified atom stereocenters. The number of anilines is 2. The van der Waals surface area contributed by atoms with E-state index in [0.29, 0.717) is 11.9 Å². The normalized spacial score (nSPS) is 15.5. The molecule has 0 amide bonds. The molecule has 5 nitrogen and oxygen atoms in total. The molecule has 1 aromatic rings. The molecule has 0 radical (unpaired) electrons. The second-order valence-corrected chi connectivity index (χ2v) is 3.74. The van der Waals surface area contributed by atoms with Crippen molar-refractivity contribution in [3.8, 4) is 0 Å². The van der Waals surface area contributed by atoms with Crippen molar-refractivity contribution in [3.63, 3.8) is 0 Å². The van der Waals surface area contributed by atoms with Crippen LogP contribution in [-0.2, 0) is 0 Å². The van der Waals surface area contributed by atoms with Gasteiger partial charge in [0.25, 0.3) is 0 Å². The van der Waals surface area contributed by atoms with E-state index >= 15 is 0 Å². The minimum atomic E-state index is 0.567. The van der Waals surface area contributed by atoms with Gasteiger partial charge in [0.2, 0.25) is 0 Å². The van der Waals surface area contributed by atoms with Gasteiger partial charge in [0.05, 0.1) is 0 Å². The summed E-state index contributed by atoms with van der Waals surface area (Å²) in [6.45, 7) is 0. The summed E-state index contributed by atoms with van der Waals surface area (Å²) in [5.41, 5.74) is 2.49. The number of hydrogen-bond acceptors (Lipinski definition) is 5. The Morgan fingerprint density at radius 1 is 1.38 bits per heavy atom. The fourth-order valence-corrected chi connectivity index (χ4v) is 1.43. The van der Waals surface area contributed by atoms with Crippen LogP contribution < -0.4 is 16.6 Å². The Morgan fingerprint density at radius 3 is 2.69 bits per heavy atom. The molecule has 1 fully saturated rings. The average Bonchev–Trinajstić information content (AvgIpc) is 2.92. The van der Waals surface area contributed by atoms with E-state index in [-0.39, 0.29) is 0 Å². The van der Waals surface area contributed by atoms with E-state index in [0.717, 1.165) is 10.3 Å². The molecule has 6 heteroatoms. The fraction of sp³-hybridized carbons (Fsp3) is 0.429. The lowest BCUT2D eigenvalue weighted by atomic mass is 10.5. The van der Waals surface area contributed by atoms with Gasteiger partial charge in [-0.05, 0) is 28.8 Å². The third-order valence-electron chi connectivity index (χ3n) is 1.84. The zero-order valence-corrected chi connectivity index (χ0v) is 8.50. The number of halogens is 1. The molecule has 0 bridgehead atoms. The van der Waals surface area contributed by atoms with Gasteiger partial charge in [-0.15, -0.1) is 0 Å². The van der Waals surface area contributed by atoms with E-state index in [9.17, 15) is 0 Å². The summed E-state index contributed by atoms with van der Waals surface area (Å²) < 4.78 is 0.782. The Bertz CT molecular complexity index is 312. The Labute approximate surface area is 84.2 Å². The Kier molecular flexibility index (Phi) is 2.32. The van der Waals surface area contributed by atoms with Crippen LogP contribution in [0.1, 0.15) is 12.8 Å². The summed E-state index contributed by atoms with van der Waals surface area (Å²) in [5, 5.41) is 3.27. The number of nitrogens with one attached hydrogen (secondary N) is 2. The van der Waals surface area contributed by atoms with Gasteiger partial charge < -0.3 is 10.7 Å². The van der Waals surface area contributed by atoms with Crippen LogP contribution in [0.2, 0.25) is 0 Å². The van der Waals surface area contributed by atoms with Crippen LogP contribution in [0.4, 0.5) is 11.6 Å². The molecule has 1 heterocycles. The van der Waals surface area contributed by atoms with Crippen molar-refractivity contribution in [2.75, 3.05) is 10.7 Å². The van der Waals surface area contributed by atoms with Crippen LogP contribution in [0, 0.1) is 0 Å². The summed E-state index contributed by atoms with van der Waals surface area (Å²) in [6, 6.07) is 0.567. The summed E-state index contributed by atoms with van der Waals surface area (Å²) in [6.07, 6.45) is 3.90. The van der Waals surface area contributed by atoms with E-state index < -0.39 is 0 Å². The first-order chi connectivity index (χ1) is 6.31. The zero-order chi connectivity index (χ0) is 9.26. The van der Waals surface area contributed by atoms with Gasteiger partial charge in [0.1, 0.15) is 16.6 Å². The van der Waals surface area contributed by atoms with E-state index in [2.05, 4.69) is 36.6 Å². The van der Waals surface area contributed by atoms with Crippen molar-refractivity contribution in [2.24, 2.45) is 5.84 Å². The maximum absolute atomic E-state index is 5.27. The van der Waals surface area contributed by atoms with E-state index in [1.165, 1.54) is 19.2 Å². The maximum Gasteiger partial charge on any atom is 0.159 e. The molecule has 70 valence electrons. The largest absolute Gasteiger partial charge is 0.366 e. The van der Waals surface area contributed by atoms with E-state index in [1.807, 2.05) is 0 Å². The Morgan fingerprint density at radius 2 is 2.08 bits per heavy atom. The molecule has 1 aromatic heterocycles. The van der Waals surface area contributed by atoms with Crippen molar-refractivity contribution >= 4 is 27.6 Å². The number of nitrogens with zero attached hydrogens (tertiary/aromatic N) is 2. The molecule has 13 heavy (non-hydrogen) atoms. The minimum absolute atomic E-state index is 0.567. The van der Waals surface area contributed by atoms with Gasteiger partial charge >= 0.3 is 0 Å². The average molecular weight is 244 g/mol. The van der Waals surface area contributed by atoms with Crippen LogP contribution in [0.25, 0.3) is 0 Å². The quantitative estimate of drug-likeness (QED) is 0.548. The number of nitrogens with two attached hydrogens (primary N) is 1. The van der Waals surface area contributed by atoms with Crippen LogP contribution >= 0.6 is 15.9 Å². The molecular formula is C7H10BrN5. The second-order valence-electron chi connectivity index (χ2n) is 2.95. The molecule has 0 saturated heterocycles. The highest BCUT2D eigenvalue weighted by Gasteiger charge is 2.22. The van der Waals surface area contributed by atoms with E-state index in [4.69, 9.17) is 5.84 Å². The fourth-order valence-electron chi connectivity index (χ4n) is 0.992. The molecule has 1 saturated carbocycles. The third kappa shape index (κ3) is 1.89. The lowest BCUT2D eigenvalue weighted by molar-refractivity contribution is 1.06. The van der Waals surface area contributed by atoms with Gasteiger partial charge in [0, 0.05) is 6.04 Å². The summed E-state index contributed by atoms with van der Waals surface area (Å²) in [5.74, 6) is 6.66. The lowest BCUT2D eigenvalue weighted by Gasteiger charge is -2.08. The monoisotopic (exact) mass is 243 g/mol. The SMILES string of the molecule is NNc1ncnc(NC2CC2)c1Br. The van der Waals surface area contributed by atoms with Gasteiger partial charge in [-0.2, -0.15) is 0 Å². The van der Waals surface area contributed by atoms with Crippen LogP contribution in [-0.4, -0.2) is 16.0 Å². The molecule has 1 aliphatic rings. The molecule has 2 rings (SSSR count). The highest BCUT2D eigenvalue weighted by molar-refractivity contribution is 9.10. The molecule has 4 N–H and O–H groups in total. The summed E-state index contributed by atoms with van der Waals surface area (Å²) in [4.78, 5) is 8.05. The molecular weight excluding hydrogens is 234 g/mol. The van der Waals surface area contributed by atoms with Crippen molar-refractivity contribution in [3.05, 3.63) is 10.8 Å². The second kappa shape index (κ2) is 3.47. The van der Waals surface area contributed by atoms with Crippen LogP contribution in [0.3, 0.4) is 0 Å². The Hall–Kier alpha value is -0.880. The zero-order valence-electron chi connectivity index (χ0n) is 6.92. The predicted molar refractivity (Wildman–Crippen MR) is 54.2 cm³/mol. The maximum atomic E-state index is 5.27. The highest BCUT2D eigenvalue weighted by atomic mass is 79.9. The minimum Gasteiger partial charge on any atom is -0.366 e. The predicted octanol–water partition coefficient (Wildman–Crippen LogP) is 1.10. The van der Waals surface area contributed by atoms with Crippen molar-refractivity contribution < 1.29 is 0 Å². The van der Waals surface area contributed by atoms with Gasteiger partial charge in [-0.3, -0.25) is 0 Å². The van der Waals surface area contributed by atoms with E-state index in [1.54, 1.807) is 0 Å². The number of rotatable bonds is 3. The number of hydrogen-bond donors (Lipinski definition) is 3. The Balaban J connectivity index is 2.22. The molecule has 1 aliphatic carbocycles. The smallest absolute Gasteiger partial charge is 0.159 e. The van der Waals surface area contributed by atoms with Gasteiger partial charge in [0.15, 0.2) is 5.82 Å². The van der Waals surface area contributed by atoms with Crippen LogP contribution in [0.15, 0.2) is 10.8 Å². The summed E-state index contributed by atoms with van der Waals surface area (Å²) >= 11 is 3.37. The van der Waals surface area contributed by atoms with Crippen molar-refractivity contribution in [1.82, 2.24) is 9.97 Å². The standard InChI is InChI=1S/C7H10BrN5/c8-5-6(12-4-1-2-4)10-3-11-7(5)13-9/h3-4H,1-2,9H2,(H2,10,11,12,13). The molecule has 0 aromatic carbocycles. The highest BCUT2D eigenvalue weighted by Crippen LogP contribution is 2.30. The van der Waals surface area contributed by atoms with Gasteiger partial charge in [-0.25, -0.2) is 15.8 Å². The number of hydrazine groups is 1. The van der Waals surface area contributed by atoms with Crippen molar-refractivity contribution in [1.29, 1.82) is 0 Å². The first-order valence-corrected chi connectivity index (χ1v) is 4.84. The first-order valence-electron chi connectivity index (χ1n) is 4.05. The van der Waals surface area contributed by atoms with Crippen molar-refractivity contribution in [2.45, 2.75) is 18.9 Å².